The van der Waals surface area contributed by atoms with Crippen LogP contribution in [0, 0.1) is 11.3 Å². The van der Waals surface area contributed by atoms with Gasteiger partial charge in [-0.15, -0.1) is 0 Å². The first-order valence-corrected chi connectivity index (χ1v) is 9.06. The first kappa shape index (κ1) is 18.0. The van der Waals surface area contributed by atoms with E-state index in [9.17, 15) is 5.26 Å². The van der Waals surface area contributed by atoms with Crippen molar-refractivity contribution in [2.24, 2.45) is 0 Å². The van der Waals surface area contributed by atoms with Crippen molar-refractivity contribution in [1.29, 1.82) is 5.26 Å². The van der Waals surface area contributed by atoms with Crippen LogP contribution in [0.4, 0.5) is 17.1 Å². The third-order valence-electron chi connectivity index (χ3n) is 4.57. The number of hydrogen-bond acceptors (Lipinski definition) is 4. The summed E-state index contributed by atoms with van der Waals surface area (Å²) in [5.74, 6) is 0. The van der Waals surface area contributed by atoms with Crippen LogP contribution in [-0.2, 0) is 0 Å². The lowest BCUT2D eigenvalue weighted by atomic mass is 10.1. The second-order valence-corrected chi connectivity index (χ2v) is 6.86. The lowest BCUT2D eigenvalue weighted by Crippen LogP contribution is -2.50. The Labute approximate surface area is 160 Å². The van der Waals surface area contributed by atoms with Gasteiger partial charge in [-0.05, 0) is 48.6 Å². The Morgan fingerprint density at radius 3 is 2.31 bits per heavy atom. The van der Waals surface area contributed by atoms with E-state index < -0.39 is 0 Å². The minimum atomic E-state index is 0.725. The molecule has 0 saturated carbocycles. The predicted molar refractivity (Wildman–Crippen MR) is 112 cm³/mol. The number of anilines is 3. The molecular weight excluding hydrogens is 342 g/mol. The summed E-state index contributed by atoms with van der Waals surface area (Å²) in [4.78, 5) is 6.50. The highest BCUT2D eigenvalue weighted by Crippen LogP contribution is 2.21. The first-order valence-electron chi connectivity index (χ1n) is 8.66. The molecule has 0 spiro atoms. The van der Waals surface area contributed by atoms with Gasteiger partial charge < -0.3 is 20.0 Å². The Kier molecular flexibility index (Phi) is 5.59. The fourth-order valence-electron chi connectivity index (χ4n) is 3.04. The average molecular weight is 366 g/mol. The molecule has 26 heavy (non-hydrogen) atoms. The zero-order valence-electron chi connectivity index (χ0n) is 15.1. The smallest absolute Gasteiger partial charge is 0.173 e. The molecule has 3 rings (SSSR count). The maximum atomic E-state index is 9.29. The zero-order chi connectivity index (χ0) is 18.5. The van der Waals surface area contributed by atoms with Crippen molar-refractivity contribution >= 4 is 34.4 Å². The number of rotatable bonds is 3. The molecule has 1 fully saturated rings. The summed E-state index contributed by atoms with van der Waals surface area (Å²) in [6, 6.07) is 18.3. The highest BCUT2D eigenvalue weighted by molar-refractivity contribution is 7.80. The van der Waals surface area contributed by atoms with Crippen LogP contribution in [0.1, 0.15) is 5.56 Å². The average Bonchev–Trinajstić information content (AvgIpc) is 2.68. The van der Waals surface area contributed by atoms with Gasteiger partial charge in [0.2, 0.25) is 0 Å². The second kappa shape index (κ2) is 8.07. The molecule has 134 valence electrons. The molecular formula is C20H23N5S. The molecule has 0 atom stereocenters. The zero-order valence-corrected chi connectivity index (χ0v) is 16.0. The Morgan fingerprint density at radius 1 is 1.04 bits per heavy atom. The van der Waals surface area contributed by atoms with Gasteiger partial charge in [0, 0.05) is 51.6 Å². The van der Waals surface area contributed by atoms with Crippen LogP contribution < -0.4 is 15.1 Å². The molecule has 1 N–H and O–H groups in total. The summed E-state index contributed by atoms with van der Waals surface area (Å²) in [5, 5.41) is 13.4. The Balaban J connectivity index is 1.57. The number of hydrogen-bond donors (Lipinski definition) is 1. The molecule has 1 aliphatic rings. The van der Waals surface area contributed by atoms with Crippen LogP contribution in [0.25, 0.3) is 0 Å². The van der Waals surface area contributed by atoms with Gasteiger partial charge in [-0.2, -0.15) is 5.26 Å². The van der Waals surface area contributed by atoms with Gasteiger partial charge in [-0.1, -0.05) is 12.1 Å². The van der Waals surface area contributed by atoms with Crippen LogP contribution in [0.15, 0.2) is 48.5 Å². The molecule has 1 saturated heterocycles. The highest BCUT2D eigenvalue weighted by atomic mass is 32.1. The van der Waals surface area contributed by atoms with E-state index in [1.807, 2.05) is 50.5 Å². The molecule has 1 aliphatic heterocycles. The Hall–Kier alpha value is -2.78. The van der Waals surface area contributed by atoms with E-state index in [0.717, 1.165) is 53.9 Å². The van der Waals surface area contributed by atoms with E-state index in [2.05, 4.69) is 38.2 Å². The Morgan fingerprint density at radius 2 is 1.69 bits per heavy atom. The minimum absolute atomic E-state index is 0.725. The number of thiocarbonyl (C=S) groups is 1. The third kappa shape index (κ3) is 4.06. The van der Waals surface area contributed by atoms with E-state index in [1.54, 1.807) is 0 Å². The van der Waals surface area contributed by atoms with Gasteiger partial charge in [-0.3, -0.25) is 0 Å². The summed E-state index contributed by atoms with van der Waals surface area (Å²) in [6.07, 6.45) is 0. The van der Waals surface area contributed by atoms with Crippen LogP contribution in [0.3, 0.4) is 0 Å². The Bertz CT molecular complexity index is 802. The van der Waals surface area contributed by atoms with E-state index in [4.69, 9.17) is 12.2 Å². The predicted octanol–water partition coefficient (Wildman–Crippen LogP) is 3.14. The lowest BCUT2D eigenvalue weighted by molar-refractivity contribution is 0.391. The monoisotopic (exact) mass is 365 g/mol. The summed E-state index contributed by atoms with van der Waals surface area (Å²) >= 11 is 5.58. The van der Waals surface area contributed by atoms with Gasteiger partial charge in [-0.25, -0.2) is 0 Å². The van der Waals surface area contributed by atoms with Crippen molar-refractivity contribution in [2.45, 2.75) is 0 Å². The van der Waals surface area contributed by atoms with Gasteiger partial charge in [0.15, 0.2) is 5.11 Å². The number of nitriles is 1. The fourth-order valence-corrected chi connectivity index (χ4v) is 3.34. The van der Waals surface area contributed by atoms with E-state index in [1.165, 1.54) is 0 Å². The van der Waals surface area contributed by atoms with Gasteiger partial charge >= 0.3 is 0 Å². The molecule has 0 unspecified atom stereocenters. The summed E-state index contributed by atoms with van der Waals surface area (Å²) < 4.78 is 0. The quantitative estimate of drug-likeness (QED) is 0.843. The normalized spacial score (nSPS) is 13.9. The van der Waals surface area contributed by atoms with Crippen molar-refractivity contribution in [3.05, 3.63) is 54.1 Å². The summed E-state index contributed by atoms with van der Waals surface area (Å²) in [6.45, 7) is 3.36. The molecule has 2 aromatic carbocycles. The summed E-state index contributed by atoms with van der Waals surface area (Å²) in [7, 11) is 4.05. The second-order valence-electron chi connectivity index (χ2n) is 6.47. The van der Waals surface area contributed by atoms with E-state index in [-0.39, 0.29) is 0 Å². The van der Waals surface area contributed by atoms with Crippen molar-refractivity contribution in [3.63, 3.8) is 0 Å². The van der Waals surface area contributed by atoms with Crippen LogP contribution in [0.2, 0.25) is 0 Å². The molecule has 0 bridgehead atoms. The molecule has 0 amide bonds. The van der Waals surface area contributed by atoms with Crippen molar-refractivity contribution in [2.75, 3.05) is 55.4 Å². The molecule has 6 heteroatoms. The third-order valence-corrected chi connectivity index (χ3v) is 4.93. The van der Waals surface area contributed by atoms with Crippen molar-refractivity contribution < 1.29 is 0 Å². The first-order chi connectivity index (χ1) is 12.6. The maximum Gasteiger partial charge on any atom is 0.173 e. The standard InChI is InChI=1S/C20H23N5S/c1-23(2)18-9-7-17(8-10-18)22-20(26)25-13-11-24(12-14-25)19-6-4-3-5-16(19)15-21/h3-10H,11-14H2,1-2H3,(H,22,26). The SMILES string of the molecule is CN(C)c1ccc(NC(=S)N2CCN(c3ccccc3C#N)CC2)cc1. The number of para-hydroxylation sites is 1. The van der Waals surface area contributed by atoms with Crippen molar-refractivity contribution in [1.82, 2.24) is 4.90 Å². The molecule has 1 heterocycles. The van der Waals surface area contributed by atoms with Crippen LogP contribution in [-0.4, -0.2) is 50.3 Å². The molecule has 5 nitrogen and oxygen atoms in total. The highest BCUT2D eigenvalue weighted by Gasteiger charge is 2.20. The lowest BCUT2D eigenvalue weighted by Gasteiger charge is -2.37. The van der Waals surface area contributed by atoms with Crippen molar-refractivity contribution in [3.8, 4) is 6.07 Å². The fraction of sp³-hybridized carbons (Fsp3) is 0.300. The van der Waals surface area contributed by atoms with Gasteiger partial charge in [0.1, 0.15) is 6.07 Å². The minimum Gasteiger partial charge on any atom is -0.378 e. The van der Waals surface area contributed by atoms with Gasteiger partial charge in [0.05, 0.1) is 11.3 Å². The molecule has 0 aliphatic carbocycles. The molecule has 0 aromatic heterocycles. The summed E-state index contributed by atoms with van der Waals surface area (Å²) in [5.41, 5.74) is 3.89. The number of nitrogens with zero attached hydrogens (tertiary/aromatic N) is 4. The van der Waals surface area contributed by atoms with Gasteiger partial charge in [0.25, 0.3) is 0 Å². The molecule has 0 radical (unpaired) electrons. The number of piperazine rings is 1. The topological polar surface area (TPSA) is 45.5 Å². The number of benzene rings is 2. The largest absolute Gasteiger partial charge is 0.378 e. The van der Waals surface area contributed by atoms with Crippen LogP contribution in [0.5, 0.6) is 0 Å². The molecule has 2 aromatic rings. The maximum absolute atomic E-state index is 9.29. The van der Waals surface area contributed by atoms with Crippen LogP contribution >= 0.6 is 12.2 Å². The van der Waals surface area contributed by atoms with E-state index >= 15 is 0 Å². The van der Waals surface area contributed by atoms with E-state index in [0.29, 0.717) is 0 Å². The number of nitrogens with one attached hydrogen (secondary N) is 1.